The Balaban J connectivity index is 1.74. The first-order valence-electron chi connectivity index (χ1n) is 9.39. The first-order chi connectivity index (χ1) is 12.4. The lowest BCUT2D eigenvalue weighted by molar-refractivity contribution is -0.135. The molecule has 5 nitrogen and oxygen atoms in total. The van der Waals surface area contributed by atoms with Crippen molar-refractivity contribution in [2.24, 2.45) is 11.8 Å². The molecule has 26 heavy (non-hydrogen) atoms. The minimum atomic E-state index is -0.325. The second kappa shape index (κ2) is 7.97. The van der Waals surface area contributed by atoms with Gasteiger partial charge in [-0.05, 0) is 43.6 Å². The number of halogens is 1. The molecule has 2 saturated heterocycles. The van der Waals surface area contributed by atoms with Gasteiger partial charge in [0.15, 0.2) is 0 Å². The van der Waals surface area contributed by atoms with Gasteiger partial charge in [-0.2, -0.15) is 0 Å². The van der Waals surface area contributed by atoms with Crippen LogP contribution in [0.25, 0.3) is 0 Å². The zero-order valence-electron chi connectivity index (χ0n) is 15.8. The monoisotopic (exact) mass is 377 g/mol. The lowest BCUT2D eigenvalue weighted by Gasteiger charge is -2.28. The number of likely N-dealkylation sites (tertiary alicyclic amines) is 2. The summed E-state index contributed by atoms with van der Waals surface area (Å²) in [6.45, 7) is 5.76. The summed E-state index contributed by atoms with van der Waals surface area (Å²) < 4.78 is 0. The van der Waals surface area contributed by atoms with Gasteiger partial charge in [0.1, 0.15) is 0 Å². The molecular weight excluding hydrogens is 350 g/mol. The van der Waals surface area contributed by atoms with Gasteiger partial charge in [-0.15, -0.1) is 0 Å². The van der Waals surface area contributed by atoms with Crippen LogP contribution in [0.5, 0.6) is 0 Å². The predicted octanol–water partition coefficient (Wildman–Crippen LogP) is 2.66. The van der Waals surface area contributed by atoms with Crippen molar-refractivity contribution in [2.75, 3.05) is 40.3 Å². The van der Waals surface area contributed by atoms with E-state index in [1.807, 2.05) is 29.2 Å². The number of rotatable bonds is 5. The number of amides is 2. The van der Waals surface area contributed by atoms with E-state index in [0.29, 0.717) is 10.9 Å². The van der Waals surface area contributed by atoms with Crippen LogP contribution in [0.15, 0.2) is 24.3 Å². The largest absolute Gasteiger partial charge is 0.342 e. The standard InChI is InChI=1S/C20H28ClN3O2/c1-4-22(2)12-14-8-9-24(13-14)20(26)17-11-18(25)23(3)19(17)15-6-5-7-16(21)10-15/h5-7,10,14,17,19H,4,8-9,11-13H2,1-3H3/t14-,17-,19+/m0/s1. The molecule has 2 aliphatic rings. The summed E-state index contributed by atoms with van der Waals surface area (Å²) in [6.07, 6.45) is 1.32. The molecule has 0 radical (unpaired) electrons. The summed E-state index contributed by atoms with van der Waals surface area (Å²) in [7, 11) is 3.90. The van der Waals surface area contributed by atoms with Crippen LogP contribution in [0.1, 0.15) is 31.4 Å². The average molecular weight is 378 g/mol. The number of benzene rings is 1. The summed E-state index contributed by atoms with van der Waals surface area (Å²) in [5.74, 6) is 0.320. The van der Waals surface area contributed by atoms with Gasteiger partial charge in [-0.25, -0.2) is 0 Å². The molecular formula is C20H28ClN3O2. The maximum Gasteiger partial charge on any atom is 0.228 e. The van der Waals surface area contributed by atoms with E-state index in [1.54, 1.807) is 11.9 Å². The van der Waals surface area contributed by atoms with E-state index in [-0.39, 0.29) is 30.2 Å². The minimum absolute atomic E-state index is 0.0230. The Labute approximate surface area is 160 Å². The van der Waals surface area contributed by atoms with Crippen molar-refractivity contribution in [2.45, 2.75) is 25.8 Å². The topological polar surface area (TPSA) is 43.9 Å². The van der Waals surface area contributed by atoms with E-state index in [2.05, 4.69) is 18.9 Å². The normalized spacial score (nSPS) is 26.2. The maximum atomic E-state index is 13.2. The molecule has 0 unspecified atom stereocenters. The quantitative estimate of drug-likeness (QED) is 0.792. The van der Waals surface area contributed by atoms with E-state index in [1.165, 1.54) is 0 Å². The number of carbonyl (C=O) groups is 2. The third kappa shape index (κ3) is 3.89. The van der Waals surface area contributed by atoms with Crippen LogP contribution in [0.2, 0.25) is 5.02 Å². The third-order valence-corrected chi connectivity index (χ3v) is 6.04. The molecule has 1 aromatic rings. The molecule has 0 N–H and O–H groups in total. The zero-order chi connectivity index (χ0) is 18.8. The first-order valence-corrected chi connectivity index (χ1v) is 9.77. The zero-order valence-corrected chi connectivity index (χ0v) is 16.6. The second-order valence-electron chi connectivity index (χ2n) is 7.61. The van der Waals surface area contributed by atoms with Crippen LogP contribution in [-0.4, -0.2) is 66.8 Å². The average Bonchev–Trinajstić information content (AvgIpc) is 3.19. The Kier molecular flexibility index (Phi) is 5.88. The SMILES string of the molecule is CCN(C)C[C@@H]1CCN(C(=O)[C@H]2CC(=O)N(C)[C@@H]2c2cccc(Cl)c2)C1. The van der Waals surface area contributed by atoms with Crippen molar-refractivity contribution < 1.29 is 9.59 Å². The van der Waals surface area contributed by atoms with Crippen LogP contribution in [-0.2, 0) is 9.59 Å². The molecule has 0 spiro atoms. The van der Waals surface area contributed by atoms with Crippen molar-refractivity contribution in [1.29, 1.82) is 0 Å². The van der Waals surface area contributed by atoms with Gasteiger partial charge in [0.05, 0.1) is 12.0 Å². The van der Waals surface area contributed by atoms with Crippen LogP contribution in [0.3, 0.4) is 0 Å². The number of nitrogens with zero attached hydrogens (tertiary/aromatic N) is 3. The third-order valence-electron chi connectivity index (χ3n) is 5.80. The molecule has 142 valence electrons. The van der Waals surface area contributed by atoms with E-state index in [9.17, 15) is 9.59 Å². The molecule has 6 heteroatoms. The highest BCUT2D eigenvalue weighted by Gasteiger charge is 2.45. The van der Waals surface area contributed by atoms with Gasteiger partial charge in [-0.1, -0.05) is 30.7 Å². The molecule has 3 rings (SSSR count). The van der Waals surface area contributed by atoms with Crippen LogP contribution in [0.4, 0.5) is 0 Å². The van der Waals surface area contributed by atoms with E-state index in [0.717, 1.165) is 38.2 Å². The van der Waals surface area contributed by atoms with Gasteiger partial charge < -0.3 is 14.7 Å². The Morgan fingerprint density at radius 3 is 2.85 bits per heavy atom. The first kappa shape index (κ1) is 19.2. The molecule has 0 aliphatic carbocycles. The van der Waals surface area contributed by atoms with Crippen molar-refractivity contribution >= 4 is 23.4 Å². The summed E-state index contributed by atoms with van der Waals surface area (Å²) in [5.41, 5.74) is 0.936. The molecule has 1 aromatic carbocycles. The lowest BCUT2D eigenvalue weighted by atomic mass is 9.92. The number of hydrogen-bond donors (Lipinski definition) is 0. The smallest absolute Gasteiger partial charge is 0.228 e. The highest BCUT2D eigenvalue weighted by molar-refractivity contribution is 6.30. The van der Waals surface area contributed by atoms with Crippen molar-refractivity contribution in [1.82, 2.24) is 14.7 Å². The fraction of sp³-hybridized carbons (Fsp3) is 0.600. The summed E-state index contributed by atoms with van der Waals surface area (Å²) in [4.78, 5) is 31.5. The minimum Gasteiger partial charge on any atom is -0.342 e. The molecule has 2 aliphatic heterocycles. The van der Waals surface area contributed by atoms with E-state index < -0.39 is 0 Å². The lowest BCUT2D eigenvalue weighted by Crippen LogP contribution is -2.38. The maximum absolute atomic E-state index is 13.2. The molecule has 2 amide bonds. The van der Waals surface area contributed by atoms with Gasteiger partial charge in [0.25, 0.3) is 0 Å². The van der Waals surface area contributed by atoms with Crippen molar-refractivity contribution in [3.8, 4) is 0 Å². The molecule has 0 saturated carbocycles. The molecule has 3 atom stereocenters. The van der Waals surface area contributed by atoms with Gasteiger partial charge in [-0.3, -0.25) is 9.59 Å². The van der Waals surface area contributed by atoms with Crippen LogP contribution in [0, 0.1) is 11.8 Å². The summed E-state index contributed by atoms with van der Waals surface area (Å²) in [6, 6.07) is 7.28. The Hall–Kier alpha value is -1.59. The van der Waals surface area contributed by atoms with Gasteiger partial charge >= 0.3 is 0 Å². The van der Waals surface area contributed by atoms with E-state index in [4.69, 9.17) is 11.6 Å². The highest BCUT2D eigenvalue weighted by Crippen LogP contribution is 2.39. The Bertz CT molecular complexity index is 681. The number of carbonyl (C=O) groups excluding carboxylic acids is 2. The Morgan fingerprint density at radius 1 is 1.38 bits per heavy atom. The predicted molar refractivity (Wildman–Crippen MR) is 103 cm³/mol. The van der Waals surface area contributed by atoms with Gasteiger partial charge in [0.2, 0.25) is 11.8 Å². The van der Waals surface area contributed by atoms with Crippen LogP contribution >= 0.6 is 11.6 Å². The summed E-state index contributed by atoms with van der Waals surface area (Å²) >= 11 is 6.14. The van der Waals surface area contributed by atoms with Gasteiger partial charge in [0, 0.05) is 38.1 Å². The second-order valence-corrected chi connectivity index (χ2v) is 8.05. The van der Waals surface area contributed by atoms with Crippen molar-refractivity contribution in [3.05, 3.63) is 34.9 Å². The number of hydrogen-bond acceptors (Lipinski definition) is 3. The Morgan fingerprint density at radius 2 is 2.15 bits per heavy atom. The molecule has 0 aromatic heterocycles. The molecule has 2 heterocycles. The van der Waals surface area contributed by atoms with Crippen molar-refractivity contribution in [3.63, 3.8) is 0 Å². The van der Waals surface area contributed by atoms with Crippen LogP contribution < -0.4 is 0 Å². The highest BCUT2D eigenvalue weighted by atomic mass is 35.5. The molecule has 2 fully saturated rings. The van der Waals surface area contributed by atoms with E-state index >= 15 is 0 Å². The summed E-state index contributed by atoms with van der Waals surface area (Å²) in [5, 5.41) is 0.630. The fourth-order valence-corrected chi connectivity index (χ4v) is 4.42. The molecule has 0 bridgehead atoms. The fourth-order valence-electron chi connectivity index (χ4n) is 4.22.